The van der Waals surface area contributed by atoms with Crippen LogP contribution in [0.4, 0.5) is 0 Å². The van der Waals surface area contributed by atoms with Crippen molar-refractivity contribution in [1.82, 2.24) is 20.4 Å². The van der Waals surface area contributed by atoms with Gasteiger partial charge in [-0.2, -0.15) is 0 Å². The number of hydrogen-bond donors (Lipinski definition) is 3. The Kier molecular flexibility index (Phi) is 3.63. The normalized spacial score (nSPS) is 24.2. The summed E-state index contributed by atoms with van der Waals surface area (Å²) >= 11 is 0. The summed E-state index contributed by atoms with van der Waals surface area (Å²) in [6.45, 7) is 1.74. The third-order valence-corrected chi connectivity index (χ3v) is 5.39. The molecule has 6 heteroatoms. The lowest BCUT2D eigenvalue weighted by molar-refractivity contribution is 0.125. The number of hydrazine groups is 1. The average Bonchev–Trinajstić information content (AvgIpc) is 2.18. The van der Waals surface area contributed by atoms with E-state index in [1.54, 1.807) is 0 Å². The molecule has 0 unspecified atom stereocenters. The minimum Gasteiger partial charge on any atom is -0.390 e. The summed E-state index contributed by atoms with van der Waals surface area (Å²) in [5.41, 5.74) is 3.14. The van der Waals surface area contributed by atoms with Crippen molar-refractivity contribution in [3.05, 3.63) is 0 Å². The van der Waals surface area contributed by atoms with Crippen LogP contribution in [0.15, 0.2) is 0 Å². The molecular weight excluding hydrogens is 172 g/mol. The van der Waals surface area contributed by atoms with E-state index < -0.39 is 8.64 Å². The Morgan fingerprint density at radius 2 is 1.92 bits per heavy atom. The number of hydrogen-bond acceptors (Lipinski definition) is 5. The summed E-state index contributed by atoms with van der Waals surface area (Å²) < 4.78 is 5.73. The van der Waals surface area contributed by atoms with Crippen molar-refractivity contribution in [2.45, 2.75) is 0 Å². The van der Waals surface area contributed by atoms with Gasteiger partial charge in [-0.15, -0.1) is 0 Å². The quantitative estimate of drug-likeness (QED) is 0.467. The van der Waals surface area contributed by atoms with Gasteiger partial charge in [0, 0.05) is 6.54 Å². The van der Waals surface area contributed by atoms with Gasteiger partial charge in [-0.05, 0) is 21.1 Å². The first-order chi connectivity index (χ1) is 5.76. The molecule has 0 saturated carbocycles. The molecule has 1 fully saturated rings. The predicted molar refractivity (Wildman–Crippen MR) is 50.5 cm³/mol. The van der Waals surface area contributed by atoms with Crippen LogP contribution in [0.5, 0.6) is 0 Å². The first kappa shape index (κ1) is 10.1. The summed E-state index contributed by atoms with van der Waals surface area (Å²) in [7, 11) is 3.98. The number of rotatable bonds is 3. The molecule has 5 nitrogen and oxygen atoms in total. The molecule has 12 heavy (non-hydrogen) atoms. The molecule has 0 amide bonds. The third kappa shape index (κ3) is 2.03. The molecule has 1 aliphatic heterocycles. The highest BCUT2D eigenvalue weighted by Gasteiger charge is 2.38. The molecule has 0 aliphatic carbocycles. The molecule has 0 aromatic carbocycles. The molecule has 0 spiro atoms. The van der Waals surface area contributed by atoms with Gasteiger partial charge in [0.2, 0.25) is 0 Å². The number of nitrogens with zero attached hydrogens (tertiary/aromatic N) is 1. The summed E-state index contributed by atoms with van der Waals surface area (Å²) in [5.74, 6) is 0. The van der Waals surface area contributed by atoms with Crippen LogP contribution < -0.4 is 15.4 Å². The molecule has 0 radical (unpaired) electrons. The van der Waals surface area contributed by atoms with E-state index in [-0.39, 0.29) is 0 Å². The molecular formula is C6H18N4OSi. The van der Waals surface area contributed by atoms with E-state index in [4.69, 9.17) is 4.43 Å². The Morgan fingerprint density at radius 1 is 1.25 bits per heavy atom. The summed E-state index contributed by atoms with van der Waals surface area (Å²) in [5, 5.41) is 2.17. The average molecular weight is 190 g/mol. The van der Waals surface area contributed by atoms with E-state index in [0.29, 0.717) is 0 Å². The second kappa shape index (κ2) is 4.31. The maximum Gasteiger partial charge on any atom is 0.367 e. The molecule has 1 heterocycles. The standard InChI is InChI=1S/C6H18N4OSi/c1-7-10-4-5-11-12(6-10,8-2)9-3/h7-9H,4-6H2,1-3H3. The van der Waals surface area contributed by atoms with Gasteiger partial charge in [0.1, 0.15) is 0 Å². The van der Waals surface area contributed by atoms with Crippen molar-refractivity contribution < 1.29 is 4.43 Å². The molecule has 1 saturated heterocycles. The Balaban J connectivity index is 2.52. The Bertz CT molecular complexity index is 142. The zero-order chi connectivity index (χ0) is 9.03. The predicted octanol–water partition coefficient (Wildman–Crippen LogP) is -1.63. The van der Waals surface area contributed by atoms with Crippen LogP contribution in [0.2, 0.25) is 0 Å². The van der Waals surface area contributed by atoms with Crippen LogP contribution in [-0.4, -0.2) is 54.1 Å². The molecule has 0 aromatic rings. The van der Waals surface area contributed by atoms with Crippen LogP contribution in [0.3, 0.4) is 0 Å². The van der Waals surface area contributed by atoms with E-state index >= 15 is 0 Å². The Hall–Kier alpha value is 0.0169. The fourth-order valence-electron chi connectivity index (χ4n) is 1.34. The first-order valence-corrected chi connectivity index (χ1v) is 6.32. The van der Waals surface area contributed by atoms with Gasteiger partial charge in [-0.1, -0.05) is 0 Å². The highest BCUT2D eigenvalue weighted by Crippen LogP contribution is 2.03. The molecule has 0 atom stereocenters. The van der Waals surface area contributed by atoms with Crippen LogP contribution in [0.25, 0.3) is 0 Å². The molecule has 1 aliphatic rings. The summed E-state index contributed by atoms with van der Waals surface area (Å²) in [6, 6.07) is 0. The van der Waals surface area contributed by atoms with Gasteiger partial charge in [-0.25, -0.2) is 5.01 Å². The molecule has 0 aromatic heterocycles. The third-order valence-electron chi connectivity index (χ3n) is 2.25. The van der Waals surface area contributed by atoms with Crippen molar-refractivity contribution in [3.8, 4) is 0 Å². The lowest BCUT2D eigenvalue weighted by atomic mass is 10.7. The van der Waals surface area contributed by atoms with Crippen molar-refractivity contribution in [1.29, 1.82) is 0 Å². The zero-order valence-electron chi connectivity index (χ0n) is 7.98. The molecule has 0 bridgehead atoms. The van der Waals surface area contributed by atoms with E-state index in [1.165, 1.54) is 0 Å². The maximum absolute atomic E-state index is 5.73. The van der Waals surface area contributed by atoms with Crippen molar-refractivity contribution in [2.75, 3.05) is 40.5 Å². The van der Waals surface area contributed by atoms with E-state index in [9.17, 15) is 0 Å². The minimum absolute atomic E-state index is 0.786. The lowest BCUT2D eigenvalue weighted by Gasteiger charge is -2.38. The Labute approximate surface area is 74.7 Å². The van der Waals surface area contributed by atoms with Gasteiger partial charge < -0.3 is 14.4 Å². The SMILES string of the molecule is CNN1CCO[Si](NC)(NC)C1. The number of nitrogens with one attached hydrogen (secondary N) is 3. The Morgan fingerprint density at radius 3 is 2.42 bits per heavy atom. The fourth-order valence-corrected chi connectivity index (χ4v) is 3.58. The monoisotopic (exact) mass is 190 g/mol. The first-order valence-electron chi connectivity index (χ1n) is 4.20. The summed E-state index contributed by atoms with van der Waals surface area (Å²) in [4.78, 5) is 6.51. The van der Waals surface area contributed by atoms with Crippen LogP contribution in [0.1, 0.15) is 0 Å². The van der Waals surface area contributed by atoms with E-state index in [0.717, 1.165) is 19.3 Å². The topological polar surface area (TPSA) is 48.6 Å². The van der Waals surface area contributed by atoms with Gasteiger partial charge in [0.25, 0.3) is 0 Å². The van der Waals surface area contributed by atoms with Gasteiger partial charge >= 0.3 is 8.64 Å². The molecule has 1 rings (SSSR count). The van der Waals surface area contributed by atoms with Crippen LogP contribution in [0, 0.1) is 0 Å². The maximum atomic E-state index is 5.73. The second-order valence-electron chi connectivity index (χ2n) is 2.82. The van der Waals surface area contributed by atoms with Crippen LogP contribution >= 0.6 is 0 Å². The van der Waals surface area contributed by atoms with Gasteiger partial charge in [-0.3, -0.25) is 5.43 Å². The molecule has 3 N–H and O–H groups in total. The van der Waals surface area contributed by atoms with Gasteiger partial charge in [0.15, 0.2) is 0 Å². The van der Waals surface area contributed by atoms with Crippen LogP contribution in [-0.2, 0) is 4.43 Å². The largest absolute Gasteiger partial charge is 0.390 e. The highest BCUT2D eigenvalue weighted by molar-refractivity contribution is 6.68. The van der Waals surface area contributed by atoms with Crippen molar-refractivity contribution in [2.24, 2.45) is 0 Å². The second-order valence-corrected chi connectivity index (χ2v) is 6.08. The summed E-state index contributed by atoms with van der Waals surface area (Å²) in [6.07, 6.45) is 0.927. The highest BCUT2D eigenvalue weighted by atomic mass is 28.4. The van der Waals surface area contributed by atoms with Gasteiger partial charge in [0.05, 0.1) is 12.8 Å². The van der Waals surface area contributed by atoms with E-state index in [1.807, 2.05) is 21.1 Å². The zero-order valence-corrected chi connectivity index (χ0v) is 8.98. The van der Waals surface area contributed by atoms with Crippen molar-refractivity contribution >= 4 is 8.64 Å². The molecule has 72 valence electrons. The van der Waals surface area contributed by atoms with Crippen molar-refractivity contribution in [3.63, 3.8) is 0 Å². The smallest absolute Gasteiger partial charge is 0.367 e. The van der Waals surface area contributed by atoms with E-state index in [2.05, 4.69) is 20.4 Å². The fraction of sp³-hybridized carbons (Fsp3) is 1.00. The lowest BCUT2D eigenvalue weighted by Crippen LogP contribution is -2.72. The minimum atomic E-state index is -1.85.